The molecule has 1 saturated heterocycles. The predicted molar refractivity (Wildman–Crippen MR) is 93.9 cm³/mol. The van der Waals surface area contributed by atoms with Crippen molar-refractivity contribution in [3.8, 4) is 0 Å². The number of hydrogen-bond donors (Lipinski definition) is 1. The molecule has 1 aliphatic heterocycles. The van der Waals surface area contributed by atoms with Gasteiger partial charge in [0.05, 0.1) is 0 Å². The first kappa shape index (κ1) is 18.9. The van der Waals surface area contributed by atoms with E-state index in [4.69, 9.17) is 0 Å². The molecule has 1 aliphatic rings. The Morgan fingerprint density at radius 2 is 1.48 bits per heavy atom. The van der Waals surface area contributed by atoms with E-state index in [2.05, 4.69) is 56.7 Å². The van der Waals surface area contributed by atoms with Crippen molar-refractivity contribution in [2.75, 3.05) is 45.8 Å². The molecule has 0 bridgehead atoms. The van der Waals surface area contributed by atoms with Crippen LogP contribution >= 0.6 is 0 Å². The molecular formula is C18H39N3. The van der Waals surface area contributed by atoms with Crippen LogP contribution in [0.1, 0.15) is 60.8 Å². The Balaban J connectivity index is 2.49. The Kier molecular flexibility index (Phi) is 7.66. The van der Waals surface area contributed by atoms with Crippen molar-refractivity contribution < 1.29 is 0 Å². The summed E-state index contributed by atoms with van der Waals surface area (Å²) in [6.07, 6.45) is 3.78. The lowest BCUT2D eigenvalue weighted by atomic mass is 9.81. The predicted octanol–water partition coefficient (Wildman–Crippen LogP) is 3.21. The van der Waals surface area contributed by atoms with Gasteiger partial charge >= 0.3 is 0 Å². The third kappa shape index (κ3) is 5.88. The monoisotopic (exact) mass is 297 g/mol. The van der Waals surface area contributed by atoms with Crippen LogP contribution < -0.4 is 5.32 Å². The first-order valence-corrected chi connectivity index (χ1v) is 9.05. The molecule has 3 heteroatoms. The highest BCUT2D eigenvalue weighted by Crippen LogP contribution is 2.28. The Hall–Kier alpha value is -0.120. The summed E-state index contributed by atoms with van der Waals surface area (Å²) in [7, 11) is 0. The molecule has 0 unspecified atom stereocenters. The van der Waals surface area contributed by atoms with Crippen LogP contribution in [-0.4, -0.2) is 61.2 Å². The minimum Gasteiger partial charge on any atom is -0.316 e. The molecule has 0 aromatic carbocycles. The van der Waals surface area contributed by atoms with Gasteiger partial charge in [-0.1, -0.05) is 20.8 Å². The average Bonchev–Trinajstić information content (AvgIpc) is 2.46. The molecule has 0 atom stereocenters. The van der Waals surface area contributed by atoms with Gasteiger partial charge in [-0.15, -0.1) is 0 Å². The Morgan fingerprint density at radius 1 is 0.905 bits per heavy atom. The van der Waals surface area contributed by atoms with E-state index < -0.39 is 0 Å². The molecule has 1 fully saturated rings. The highest BCUT2D eigenvalue weighted by molar-refractivity contribution is 4.87. The maximum absolute atomic E-state index is 3.66. The SMILES string of the molecule is CCCNCC(CC)(CC)CN1CCN(C(C)(C)C)CC1. The zero-order chi connectivity index (χ0) is 15.9. The van der Waals surface area contributed by atoms with Gasteiger partial charge in [-0.05, 0) is 52.0 Å². The van der Waals surface area contributed by atoms with E-state index in [-0.39, 0.29) is 0 Å². The van der Waals surface area contributed by atoms with Crippen molar-refractivity contribution in [2.24, 2.45) is 5.41 Å². The van der Waals surface area contributed by atoms with E-state index >= 15 is 0 Å². The van der Waals surface area contributed by atoms with E-state index in [9.17, 15) is 0 Å². The summed E-state index contributed by atoms with van der Waals surface area (Å²) in [4.78, 5) is 5.32. The maximum Gasteiger partial charge on any atom is 0.0126 e. The van der Waals surface area contributed by atoms with Crippen molar-refractivity contribution >= 4 is 0 Å². The van der Waals surface area contributed by atoms with E-state index in [1.54, 1.807) is 0 Å². The Morgan fingerprint density at radius 3 is 1.90 bits per heavy atom. The van der Waals surface area contributed by atoms with Gasteiger partial charge in [0.1, 0.15) is 0 Å². The quantitative estimate of drug-likeness (QED) is 0.694. The lowest BCUT2D eigenvalue weighted by molar-refractivity contribution is 0.0368. The first-order chi connectivity index (χ1) is 9.87. The topological polar surface area (TPSA) is 18.5 Å². The molecule has 21 heavy (non-hydrogen) atoms. The van der Waals surface area contributed by atoms with Gasteiger partial charge in [0, 0.05) is 44.8 Å². The van der Waals surface area contributed by atoms with Gasteiger partial charge in [-0.25, -0.2) is 0 Å². The smallest absolute Gasteiger partial charge is 0.0126 e. The molecule has 0 aromatic rings. The summed E-state index contributed by atoms with van der Waals surface area (Å²) < 4.78 is 0. The highest BCUT2D eigenvalue weighted by atomic mass is 15.3. The second-order valence-electron chi connectivity index (χ2n) is 7.82. The van der Waals surface area contributed by atoms with Gasteiger partial charge in [0.2, 0.25) is 0 Å². The van der Waals surface area contributed by atoms with E-state index in [0.29, 0.717) is 11.0 Å². The number of nitrogens with zero attached hydrogens (tertiary/aromatic N) is 2. The van der Waals surface area contributed by atoms with Gasteiger partial charge in [-0.3, -0.25) is 4.90 Å². The van der Waals surface area contributed by atoms with Crippen LogP contribution in [0.25, 0.3) is 0 Å². The fourth-order valence-corrected chi connectivity index (χ4v) is 3.36. The molecule has 126 valence electrons. The normalized spacial score (nSPS) is 19.1. The third-order valence-electron chi connectivity index (χ3n) is 5.31. The van der Waals surface area contributed by atoms with Crippen molar-refractivity contribution in [2.45, 2.75) is 66.3 Å². The number of rotatable bonds is 8. The third-order valence-corrected chi connectivity index (χ3v) is 5.31. The van der Waals surface area contributed by atoms with Crippen molar-refractivity contribution in [1.82, 2.24) is 15.1 Å². The first-order valence-electron chi connectivity index (χ1n) is 9.05. The fourth-order valence-electron chi connectivity index (χ4n) is 3.36. The molecule has 3 nitrogen and oxygen atoms in total. The molecule has 0 aromatic heterocycles. The van der Waals surface area contributed by atoms with Gasteiger partial charge in [-0.2, -0.15) is 0 Å². The second kappa shape index (κ2) is 8.50. The molecule has 1 N–H and O–H groups in total. The van der Waals surface area contributed by atoms with Crippen LogP contribution in [0.2, 0.25) is 0 Å². The zero-order valence-electron chi connectivity index (χ0n) is 15.5. The molecule has 1 rings (SSSR count). The van der Waals surface area contributed by atoms with Crippen molar-refractivity contribution in [1.29, 1.82) is 0 Å². The Bertz CT molecular complexity index is 271. The largest absolute Gasteiger partial charge is 0.316 e. The molecule has 0 radical (unpaired) electrons. The van der Waals surface area contributed by atoms with Crippen LogP contribution in [0, 0.1) is 5.41 Å². The molecule has 0 aliphatic carbocycles. The minimum atomic E-state index is 0.321. The summed E-state index contributed by atoms with van der Waals surface area (Å²) in [6, 6.07) is 0. The van der Waals surface area contributed by atoms with Gasteiger partial charge in [0.25, 0.3) is 0 Å². The van der Waals surface area contributed by atoms with Crippen molar-refractivity contribution in [3.05, 3.63) is 0 Å². The average molecular weight is 298 g/mol. The lowest BCUT2D eigenvalue weighted by Gasteiger charge is -2.45. The van der Waals surface area contributed by atoms with Crippen LogP contribution in [-0.2, 0) is 0 Å². The van der Waals surface area contributed by atoms with Crippen LogP contribution in [0.15, 0.2) is 0 Å². The lowest BCUT2D eigenvalue weighted by Crippen LogP contribution is -2.55. The van der Waals surface area contributed by atoms with Crippen molar-refractivity contribution in [3.63, 3.8) is 0 Å². The van der Waals surface area contributed by atoms with E-state index in [0.717, 1.165) is 6.54 Å². The van der Waals surface area contributed by atoms with Gasteiger partial charge in [0.15, 0.2) is 0 Å². The van der Waals surface area contributed by atoms with E-state index in [1.165, 1.54) is 58.5 Å². The standard InChI is InChI=1S/C18H39N3/c1-7-10-19-15-18(8-2,9-3)16-20-11-13-21(14-12-20)17(4,5)6/h19H,7-16H2,1-6H3. The molecule has 0 amide bonds. The summed E-state index contributed by atoms with van der Waals surface area (Å²) in [6.45, 7) is 22.5. The molecule has 1 heterocycles. The van der Waals surface area contributed by atoms with Crippen LogP contribution in [0.5, 0.6) is 0 Å². The summed E-state index contributed by atoms with van der Waals surface area (Å²) in [5.41, 5.74) is 0.778. The van der Waals surface area contributed by atoms with Crippen LogP contribution in [0.4, 0.5) is 0 Å². The summed E-state index contributed by atoms with van der Waals surface area (Å²) >= 11 is 0. The number of piperazine rings is 1. The Labute approximate surface area is 133 Å². The zero-order valence-corrected chi connectivity index (χ0v) is 15.5. The molecule has 0 spiro atoms. The highest BCUT2D eigenvalue weighted by Gasteiger charge is 2.31. The second-order valence-corrected chi connectivity index (χ2v) is 7.82. The summed E-state index contributed by atoms with van der Waals surface area (Å²) in [5.74, 6) is 0. The minimum absolute atomic E-state index is 0.321. The summed E-state index contributed by atoms with van der Waals surface area (Å²) in [5, 5.41) is 3.66. The number of nitrogens with one attached hydrogen (secondary N) is 1. The van der Waals surface area contributed by atoms with Crippen LogP contribution in [0.3, 0.4) is 0 Å². The fraction of sp³-hybridized carbons (Fsp3) is 1.00. The number of hydrogen-bond acceptors (Lipinski definition) is 3. The van der Waals surface area contributed by atoms with Gasteiger partial charge < -0.3 is 10.2 Å². The molecule has 0 saturated carbocycles. The maximum atomic E-state index is 3.66. The molecular weight excluding hydrogens is 258 g/mol. The van der Waals surface area contributed by atoms with E-state index in [1.807, 2.05) is 0 Å².